The Labute approximate surface area is 98.3 Å². The molecule has 3 rings (SSSR count). The van der Waals surface area contributed by atoms with Crippen molar-refractivity contribution in [2.45, 2.75) is 47.0 Å². The Balaban J connectivity index is 2.21. The minimum Gasteiger partial charge on any atom is -0.299 e. The van der Waals surface area contributed by atoms with Crippen molar-refractivity contribution in [2.24, 2.45) is 28.1 Å². The Kier molecular flexibility index (Phi) is 1.73. The van der Waals surface area contributed by atoms with Crippen molar-refractivity contribution in [3.8, 4) is 0 Å². The van der Waals surface area contributed by atoms with Crippen LogP contribution in [-0.2, 0) is 4.79 Å². The molecule has 16 heavy (non-hydrogen) atoms. The van der Waals surface area contributed by atoms with Gasteiger partial charge in [-0.15, -0.1) is 0 Å². The monoisotopic (exact) mass is 218 g/mol. The highest BCUT2D eigenvalue weighted by Gasteiger charge is 2.70. The molecule has 0 aromatic rings. The summed E-state index contributed by atoms with van der Waals surface area (Å²) in [6, 6.07) is 0. The summed E-state index contributed by atoms with van der Waals surface area (Å²) in [4.78, 5) is 12.7. The molecule has 0 aromatic carbocycles. The van der Waals surface area contributed by atoms with E-state index in [1.807, 2.05) is 0 Å². The van der Waals surface area contributed by atoms with E-state index in [1.165, 1.54) is 6.42 Å². The summed E-state index contributed by atoms with van der Waals surface area (Å²) in [5.74, 6) is 1.45. The van der Waals surface area contributed by atoms with E-state index in [0.29, 0.717) is 11.7 Å². The summed E-state index contributed by atoms with van der Waals surface area (Å²) < 4.78 is 0. The van der Waals surface area contributed by atoms with Gasteiger partial charge < -0.3 is 0 Å². The Morgan fingerprint density at radius 2 is 1.94 bits per heavy atom. The van der Waals surface area contributed by atoms with Gasteiger partial charge in [-0.2, -0.15) is 0 Å². The van der Waals surface area contributed by atoms with Crippen LogP contribution in [0.5, 0.6) is 0 Å². The van der Waals surface area contributed by atoms with Gasteiger partial charge in [-0.25, -0.2) is 0 Å². The van der Waals surface area contributed by atoms with Crippen molar-refractivity contribution in [1.82, 2.24) is 0 Å². The summed E-state index contributed by atoms with van der Waals surface area (Å²) in [6.07, 6.45) is 8.10. The molecule has 88 valence electrons. The van der Waals surface area contributed by atoms with E-state index in [2.05, 4.69) is 39.8 Å². The Hall–Kier alpha value is -0.590. The molecule has 4 bridgehead atoms. The molecular weight excluding hydrogens is 196 g/mol. The van der Waals surface area contributed by atoms with Crippen LogP contribution in [0, 0.1) is 28.1 Å². The summed E-state index contributed by atoms with van der Waals surface area (Å²) in [5.41, 5.74) is 0.265. The van der Waals surface area contributed by atoms with Gasteiger partial charge >= 0.3 is 0 Å². The number of carbonyl (C=O) groups is 1. The molecule has 0 spiro atoms. The van der Waals surface area contributed by atoms with Crippen LogP contribution in [0.3, 0.4) is 0 Å². The second-order valence-electron chi connectivity index (χ2n) is 7.16. The van der Waals surface area contributed by atoms with Gasteiger partial charge in [-0.05, 0) is 36.0 Å². The molecule has 0 unspecified atom stereocenters. The van der Waals surface area contributed by atoms with Crippen molar-refractivity contribution in [2.75, 3.05) is 0 Å². The van der Waals surface area contributed by atoms with Gasteiger partial charge in [0.15, 0.2) is 0 Å². The van der Waals surface area contributed by atoms with Crippen molar-refractivity contribution in [3.05, 3.63) is 12.2 Å². The van der Waals surface area contributed by atoms with Crippen LogP contribution in [0.15, 0.2) is 12.2 Å². The van der Waals surface area contributed by atoms with Gasteiger partial charge in [0.25, 0.3) is 0 Å². The van der Waals surface area contributed by atoms with Crippen LogP contribution in [0.4, 0.5) is 0 Å². The van der Waals surface area contributed by atoms with E-state index in [-0.39, 0.29) is 22.2 Å². The lowest BCUT2D eigenvalue weighted by molar-refractivity contribution is -0.134. The zero-order valence-corrected chi connectivity index (χ0v) is 10.8. The van der Waals surface area contributed by atoms with Crippen LogP contribution in [0.25, 0.3) is 0 Å². The van der Waals surface area contributed by atoms with Crippen LogP contribution in [-0.4, -0.2) is 5.78 Å². The van der Waals surface area contributed by atoms with Crippen molar-refractivity contribution < 1.29 is 4.79 Å². The quantitative estimate of drug-likeness (QED) is 0.568. The fraction of sp³-hybridized carbons (Fsp3) is 0.800. The first-order valence-electron chi connectivity index (χ1n) is 6.55. The Bertz CT molecular complexity index is 392. The zero-order valence-electron chi connectivity index (χ0n) is 10.8. The normalized spacial score (nSPS) is 53.1. The fourth-order valence-corrected chi connectivity index (χ4v) is 4.87. The predicted octanol–water partition coefficient (Wildman–Crippen LogP) is 3.59. The number of hydrogen-bond acceptors (Lipinski definition) is 1. The lowest BCUT2D eigenvalue weighted by atomic mass is 9.66. The predicted molar refractivity (Wildman–Crippen MR) is 65.0 cm³/mol. The highest BCUT2D eigenvalue weighted by molar-refractivity contribution is 5.92. The molecule has 1 heteroatoms. The van der Waals surface area contributed by atoms with Gasteiger partial charge in [0, 0.05) is 11.3 Å². The minimum absolute atomic E-state index is 0.0373. The molecule has 0 aliphatic heterocycles. The highest BCUT2D eigenvalue weighted by atomic mass is 16.1. The largest absolute Gasteiger partial charge is 0.299 e. The standard InChI is InChI=1S/C15H22O/c1-13(2)7-5-8-14(3)10-6-9-15(14,4)12(16)11(10)13/h5,7,10-11H,6,8-9H2,1-4H3/t10-,11-,14+,15+/m0/s1. The van der Waals surface area contributed by atoms with Crippen molar-refractivity contribution >= 4 is 5.78 Å². The molecular formula is C15H22O. The van der Waals surface area contributed by atoms with E-state index in [1.54, 1.807) is 0 Å². The molecule has 3 aliphatic rings. The van der Waals surface area contributed by atoms with Crippen LogP contribution < -0.4 is 0 Å². The van der Waals surface area contributed by atoms with E-state index in [4.69, 9.17) is 0 Å². The van der Waals surface area contributed by atoms with Gasteiger partial charge in [0.2, 0.25) is 0 Å². The summed E-state index contributed by atoms with van der Waals surface area (Å²) in [5, 5.41) is 0. The molecule has 1 nitrogen and oxygen atoms in total. The SMILES string of the molecule is CC1(C)C=CC[C@]2(C)[C@H]3CC[C@]2(C)C(=O)[C@H]31. The summed E-state index contributed by atoms with van der Waals surface area (Å²) >= 11 is 0. The Morgan fingerprint density at radius 3 is 2.62 bits per heavy atom. The molecule has 0 N–H and O–H groups in total. The number of rotatable bonds is 0. The lowest BCUT2D eigenvalue weighted by Gasteiger charge is -2.36. The third-order valence-electron chi connectivity index (χ3n) is 6.15. The molecule has 0 amide bonds. The van der Waals surface area contributed by atoms with Crippen molar-refractivity contribution in [3.63, 3.8) is 0 Å². The molecule has 0 radical (unpaired) electrons. The van der Waals surface area contributed by atoms with E-state index < -0.39 is 0 Å². The van der Waals surface area contributed by atoms with Crippen molar-refractivity contribution in [1.29, 1.82) is 0 Å². The molecule has 2 fully saturated rings. The molecule has 0 aromatic heterocycles. The molecule has 0 heterocycles. The molecule has 2 saturated carbocycles. The topological polar surface area (TPSA) is 17.1 Å². The van der Waals surface area contributed by atoms with E-state index >= 15 is 0 Å². The maximum atomic E-state index is 12.7. The molecule has 0 saturated heterocycles. The fourth-order valence-electron chi connectivity index (χ4n) is 4.87. The van der Waals surface area contributed by atoms with Gasteiger partial charge in [-0.1, -0.05) is 39.8 Å². The van der Waals surface area contributed by atoms with E-state index in [0.717, 1.165) is 12.8 Å². The minimum atomic E-state index is -0.0373. The molecule has 3 aliphatic carbocycles. The summed E-state index contributed by atoms with van der Waals surface area (Å²) in [7, 11) is 0. The third kappa shape index (κ3) is 0.881. The second kappa shape index (κ2) is 2.63. The lowest BCUT2D eigenvalue weighted by Crippen LogP contribution is -2.39. The number of ketones is 1. The molecule has 4 atom stereocenters. The smallest absolute Gasteiger partial charge is 0.143 e. The van der Waals surface area contributed by atoms with Gasteiger partial charge in [0.05, 0.1) is 0 Å². The first-order valence-corrected chi connectivity index (χ1v) is 6.55. The number of carbonyl (C=O) groups excluding carboxylic acids is 1. The van der Waals surface area contributed by atoms with Gasteiger partial charge in [-0.3, -0.25) is 4.79 Å². The first-order chi connectivity index (χ1) is 7.33. The number of allylic oxidation sites excluding steroid dienone is 2. The third-order valence-corrected chi connectivity index (χ3v) is 6.15. The van der Waals surface area contributed by atoms with Gasteiger partial charge in [0.1, 0.15) is 5.78 Å². The average molecular weight is 218 g/mol. The zero-order chi connectivity index (χ0) is 11.8. The highest BCUT2D eigenvalue weighted by Crippen LogP contribution is 2.71. The maximum absolute atomic E-state index is 12.7. The maximum Gasteiger partial charge on any atom is 0.143 e. The Morgan fingerprint density at radius 1 is 1.25 bits per heavy atom. The second-order valence-corrected chi connectivity index (χ2v) is 7.16. The number of Topliss-reactive ketones (excluding diaryl/α,β-unsaturated/α-hetero) is 1. The summed E-state index contributed by atoms with van der Waals surface area (Å²) in [6.45, 7) is 9.06. The van der Waals surface area contributed by atoms with Crippen LogP contribution >= 0.6 is 0 Å². The van der Waals surface area contributed by atoms with Crippen LogP contribution in [0.1, 0.15) is 47.0 Å². The average Bonchev–Trinajstić information content (AvgIpc) is 2.47. The number of hydrogen-bond donors (Lipinski definition) is 0. The van der Waals surface area contributed by atoms with E-state index in [9.17, 15) is 4.79 Å². The van der Waals surface area contributed by atoms with Crippen LogP contribution in [0.2, 0.25) is 0 Å². The first kappa shape index (κ1) is 10.6.